The second-order valence-electron chi connectivity index (χ2n) is 8.31. The Morgan fingerprint density at radius 2 is 1.48 bits per heavy atom. The van der Waals surface area contributed by atoms with Gasteiger partial charge in [0.2, 0.25) is 0 Å². The second kappa shape index (κ2) is 19.6. The Morgan fingerprint density at radius 3 is 2.00 bits per heavy atom. The number of carboxylic acids is 1. The number of aliphatic carboxylic acids is 1. The second-order valence-corrected chi connectivity index (χ2v) is 9.25. The van der Waals surface area contributed by atoms with Gasteiger partial charge in [-0.25, -0.2) is 0 Å². The van der Waals surface area contributed by atoms with Gasteiger partial charge in [-0.3, -0.25) is 4.79 Å². The zero-order chi connectivity index (χ0) is 21.3. The largest absolute Gasteiger partial charge is 0.870 e. The maximum absolute atomic E-state index is 10.9. The molecule has 0 fully saturated rings. The van der Waals surface area contributed by atoms with Gasteiger partial charge in [-0.1, -0.05) is 58.3 Å². The van der Waals surface area contributed by atoms with E-state index in [2.05, 4.69) is 6.92 Å². The topological polar surface area (TPSA) is 115 Å². The summed E-state index contributed by atoms with van der Waals surface area (Å²) in [7, 11) is 3.73. The van der Waals surface area contributed by atoms with Crippen LogP contribution in [0.15, 0.2) is 0 Å². The van der Waals surface area contributed by atoms with Crippen LogP contribution in [-0.4, -0.2) is 79.5 Å². The van der Waals surface area contributed by atoms with Crippen LogP contribution in [0.3, 0.4) is 0 Å². The third-order valence-corrected chi connectivity index (χ3v) is 5.10. The van der Waals surface area contributed by atoms with Crippen LogP contribution in [0.5, 0.6) is 0 Å². The molecule has 9 heteroatoms. The summed E-state index contributed by atoms with van der Waals surface area (Å²) >= 11 is 0. The summed E-state index contributed by atoms with van der Waals surface area (Å²) in [5, 5.41) is 8.97. The van der Waals surface area contributed by atoms with Gasteiger partial charge in [0.1, 0.15) is 12.6 Å². The van der Waals surface area contributed by atoms with Crippen molar-refractivity contribution in [2.24, 2.45) is 0 Å². The molecule has 0 bridgehead atoms. The number of hydrogen-bond donors (Lipinski definition) is 2. The molecule has 1 unspecified atom stereocenters. The molecule has 0 aromatic heterocycles. The molecule has 8 nitrogen and oxygen atoms in total. The van der Waals surface area contributed by atoms with Crippen LogP contribution in [0, 0.1) is 0 Å². The van der Waals surface area contributed by atoms with E-state index in [4.69, 9.17) is 18.9 Å². The number of ether oxygens (including phenoxy) is 1. The van der Waals surface area contributed by atoms with E-state index in [1.54, 1.807) is 0 Å². The van der Waals surface area contributed by atoms with Crippen LogP contribution in [-0.2, 0) is 18.6 Å². The van der Waals surface area contributed by atoms with Crippen molar-refractivity contribution in [2.45, 2.75) is 77.2 Å². The van der Waals surface area contributed by atoms with Gasteiger partial charge in [-0.15, -0.1) is 0 Å². The summed E-state index contributed by atoms with van der Waals surface area (Å²) in [6.07, 6.45) is 10.8. The summed E-state index contributed by atoms with van der Waals surface area (Å²) < 4.78 is 16.7. The van der Waals surface area contributed by atoms with E-state index in [0.29, 0.717) is 24.2 Å². The van der Waals surface area contributed by atoms with E-state index < -0.39 is 20.7 Å². The van der Waals surface area contributed by atoms with E-state index in [-0.39, 0.29) is 18.5 Å². The molecule has 3 N–H and O–H groups in total. The number of nitrogens with zero attached hydrogens (tertiary/aromatic N) is 1. The van der Waals surface area contributed by atoms with Crippen molar-refractivity contribution >= 4 is 14.6 Å². The Labute approximate surface area is 178 Å². The highest BCUT2D eigenvalue weighted by molar-refractivity contribution is 7.40. The summed E-state index contributed by atoms with van der Waals surface area (Å²) in [4.78, 5) is 20.8. The van der Waals surface area contributed by atoms with Gasteiger partial charge >= 0.3 is 14.6 Å². The molecule has 0 rings (SSSR count). The predicted molar refractivity (Wildman–Crippen MR) is 115 cm³/mol. The van der Waals surface area contributed by atoms with Crippen molar-refractivity contribution in [3.63, 3.8) is 0 Å². The molecule has 0 aromatic carbocycles. The van der Waals surface area contributed by atoms with Crippen molar-refractivity contribution < 1.29 is 38.5 Å². The van der Waals surface area contributed by atoms with E-state index in [1.165, 1.54) is 51.4 Å². The third-order valence-electron chi connectivity index (χ3n) is 4.21. The number of quaternary nitrogens is 1. The summed E-state index contributed by atoms with van der Waals surface area (Å²) in [5.74, 6) is -0.953. The van der Waals surface area contributed by atoms with Gasteiger partial charge in [-0.05, 0) is 6.42 Å². The number of carboxylic acid groups (broad SMARTS) is 1. The molecule has 0 radical (unpaired) electrons. The fraction of sp³-hybridized carbons (Fsp3) is 0.950. The molecule has 29 heavy (non-hydrogen) atoms. The number of likely N-dealkylation sites (N-methyl/N-ethyl adjacent to an activating group) is 1. The van der Waals surface area contributed by atoms with E-state index in [1.807, 2.05) is 21.1 Å². The number of carbonyl (C=O) groups is 1. The number of unbranched alkanes of at least 4 members (excludes halogenated alkanes) is 8. The molecule has 2 atom stereocenters. The van der Waals surface area contributed by atoms with Crippen LogP contribution in [0.25, 0.3) is 0 Å². The lowest BCUT2D eigenvalue weighted by Crippen LogP contribution is -2.42. The zero-order valence-corrected chi connectivity index (χ0v) is 19.7. The Balaban J connectivity index is 0. The van der Waals surface area contributed by atoms with Crippen LogP contribution in [0.2, 0.25) is 0 Å². The van der Waals surface area contributed by atoms with Crippen LogP contribution in [0.1, 0.15) is 71.1 Å². The van der Waals surface area contributed by atoms with Gasteiger partial charge in [-0.2, -0.15) is 0 Å². The lowest BCUT2D eigenvalue weighted by atomic mass is 10.1. The minimum atomic E-state index is -2.10. The maximum atomic E-state index is 10.9. The summed E-state index contributed by atoms with van der Waals surface area (Å²) in [6.45, 7) is 4.06. The van der Waals surface area contributed by atoms with E-state index >= 15 is 0 Å². The quantitative estimate of drug-likeness (QED) is 0.166. The van der Waals surface area contributed by atoms with Crippen molar-refractivity contribution in [3.05, 3.63) is 0 Å². The SMILES string of the molecule is CCCCCCCCCCCOCCO[P@](O)OC(CC(=O)O)C[N+](C)(C)C.[OH-]. The van der Waals surface area contributed by atoms with Crippen molar-refractivity contribution in [3.8, 4) is 0 Å². The molecule has 0 aliphatic carbocycles. The molecule has 0 aromatic rings. The van der Waals surface area contributed by atoms with Crippen LogP contribution < -0.4 is 0 Å². The minimum Gasteiger partial charge on any atom is -0.870 e. The normalized spacial score (nSPS) is 13.7. The Bertz CT molecular complexity index is 380. The zero-order valence-electron chi connectivity index (χ0n) is 18.8. The van der Waals surface area contributed by atoms with Crippen LogP contribution >= 0.6 is 8.60 Å². The van der Waals surface area contributed by atoms with Gasteiger partial charge in [0.25, 0.3) is 0 Å². The van der Waals surface area contributed by atoms with Gasteiger partial charge in [0.05, 0.1) is 40.8 Å². The van der Waals surface area contributed by atoms with Gasteiger partial charge in [0.15, 0.2) is 0 Å². The molecular weight excluding hydrogens is 397 g/mol. The minimum absolute atomic E-state index is 0. The lowest BCUT2D eigenvalue weighted by Gasteiger charge is -2.29. The standard InChI is InChI=1S/C20H42NO6P.H2O/c1-5-6-7-8-9-10-11-12-13-14-25-15-16-26-28(24)27-19(17-20(22)23)18-21(2,3)4;/h19,24H,5-18H2,1-4H3;1H2/t19?,28-;/m0./s1. The van der Waals surface area contributed by atoms with Crippen molar-refractivity contribution in [2.75, 3.05) is 47.5 Å². The molecule has 0 aliphatic heterocycles. The Kier molecular flexibility index (Phi) is 20.9. The highest BCUT2D eigenvalue weighted by Crippen LogP contribution is 2.35. The first kappa shape index (κ1) is 30.9. The van der Waals surface area contributed by atoms with Crippen molar-refractivity contribution in [1.29, 1.82) is 0 Å². The molecule has 0 saturated heterocycles. The lowest BCUT2D eigenvalue weighted by molar-refractivity contribution is -0.873. The fourth-order valence-corrected chi connectivity index (χ4v) is 3.58. The Morgan fingerprint density at radius 1 is 0.931 bits per heavy atom. The molecule has 0 saturated carbocycles. The molecule has 0 aliphatic rings. The highest BCUT2D eigenvalue weighted by atomic mass is 31.2. The molecule has 176 valence electrons. The van der Waals surface area contributed by atoms with E-state index in [0.717, 1.165) is 6.42 Å². The smallest absolute Gasteiger partial charge is 0.330 e. The highest BCUT2D eigenvalue weighted by Gasteiger charge is 2.25. The average Bonchev–Trinajstić information content (AvgIpc) is 2.56. The van der Waals surface area contributed by atoms with Crippen LogP contribution in [0.4, 0.5) is 0 Å². The molecule has 0 heterocycles. The van der Waals surface area contributed by atoms with Crippen molar-refractivity contribution in [1.82, 2.24) is 0 Å². The van der Waals surface area contributed by atoms with Gasteiger partial charge in [0, 0.05) is 6.61 Å². The fourth-order valence-electron chi connectivity index (χ4n) is 2.89. The maximum Gasteiger partial charge on any atom is 0.330 e. The monoisotopic (exact) mass is 441 g/mol. The average molecular weight is 442 g/mol. The first-order valence-corrected chi connectivity index (χ1v) is 11.8. The first-order valence-electron chi connectivity index (χ1n) is 10.6. The molecular formula is C20H44NO7P. The summed E-state index contributed by atoms with van der Waals surface area (Å²) in [6, 6.07) is 0. The predicted octanol–water partition coefficient (Wildman–Crippen LogP) is 4.16. The molecule has 0 amide bonds. The molecule has 0 spiro atoms. The van der Waals surface area contributed by atoms with E-state index in [9.17, 15) is 9.69 Å². The summed E-state index contributed by atoms with van der Waals surface area (Å²) in [5.41, 5.74) is 0. The number of rotatable bonds is 20. The van der Waals surface area contributed by atoms with Gasteiger partial charge < -0.3 is 33.7 Å². The first-order chi connectivity index (χ1) is 13.2. The number of hydrogen-bond acceptors (Lipinski definition) is 6. The third kappa shape index (κ3) is 23.8. The Hall–Kier alpha value is -0.340.